The number of hydrogen-bond donors (Lipinski definition) is 3. The average molecular weight is 141 g/mol. The topological polar surface area (TPSA) is 98.6 Å². The van der Waals surface area contributed by atoms with Crippen molar-refractivity contribution in [3.05, 3.63) is 27.7 Å². The second-order valence-corrected chi connectivity index (χ2v) is 1.81. The first-order chi connectivity index (χ1) is 4.74. The Kier molecular flexibility index (Phi) is 1.70. The van der Waals surface area contributed by atoms with Crippen molar-refractivity contribution in [1.29, 1.82) is 0 Å². The summed E-state index contributed by atoms with van der Waals surface area (Å²) < 4.78 is 0. The minimum atomic E-state index is -0.303. The lowest BCUT2D eigenvalue weighted by Crippen LogP contribution is -2.70. The van der Waals surface area contributed by atoms with Gasteiger partial charge >= 0.3 is 0 Å². The number of aromatic amines is 1. The van der Waals surface area contributed by atoms with Crippen LogP contribution in [0, 0.1) is 5.21 Å². The first-order valence-corrected chi connectivity index (χ1v) is 2.68. The Morgan fingerprint density at radius 1 is 1.60 bits per heavy atom. The molecule has 0 fully saturated rings. The number of aromatic nitrogens is 1. The summed E-state index contributed by atoms with van der Waals surface area (Å²) in [6.07, 6.45) is 0. The summed E-state index contributed by atoms with van der Waals surface area (Å²) in [5, 5.41) is 10.1. The van der Waals surface area contributed by atoms with Gasteiger partial charge in [-0.2, -0.15) is 0 Å². The van der Waals surface area contributed by atoms with Gasteiger partial charge in [-0.1, -0.05) is 0 Å². The number of rotatable bonds is 1. The molecule has 0 atom stereocenters. The van der Waals surface area contributed by atoms with Crippen molar-refractivity contribution < 1.29 is 5.48 Å². The summed E-state index contributed by atoms with van der Waals surface area (Å²) in [5.74, 6) is 0.113. The van der Waals surface area contributed by atoms with Crippen molar-refractivity contribution in [3.8, 4) is 0 Å². The lowest BCUT2D eigenvalue weighted by atomic mass is 10.4. The average Bonchev–Trinajstić information content (AvgIpc) is 1.88. The fourth-order valence-corrected chi connectivity index (χ4v) is 0.605. The maximum Gasteiger partial charge on any atom is 0.249 e. The molecule has 5 N–H and O–H groups in total. The Hall–Kier alpha value is -1.33. The number of nitrogens with two attached hydrogens (primary N) is 2. The van der Waals surface area contributed by atoms with E-state index in [0.29, 0.717) is 11.2 Å². The molecule has 54 valence electrons. The molecule has 10 heavy (non-hydrogen) atoms. The Bertz CT molecular complexity index is 280. The summed E-state index contributed by atoms with van der Waals surface area (Å²) in [6, 6.07) is 2.63. The second kappa shape index (κ2) is 2.51. The van der Waals surface area contributed by atoms with Gasteiger partial charge in [-0.25, -0.2) is 0 Å². The van der Waals surface area contributed by atoms with Gasteiger partial charge in [-0.15, -0.1) is 0 Å². The molecule has 1 rings (SSSR count). The van der Waals surface area contributed by atoms with Gasteiger partial charge in [0.15, 0.2) is 11.5 Å². The number of hydrogen-bond acceptors (Lipinski definition) is 3. The Morgan fingerprint density at radius 3 is 2.80 bits per heavy atom. The van der Waals surface area contributed by atoms with Crippen LogP contribution >= 0.6 is 0 Å². The van der Waals surface area contributed by atoms with Crippen molar-refractivity contribution in [3.63, 3.8) is 0 Å². The number of quaternary nitrogens is 1. The van der Waals surface area contributed by atoms with E-state index >= 15 is 0 Å². The summed E-state index contributed by atoms with van der Waals surface area (Å²) in [7, 11) is 0. The van der Waals surface area contributed by atoms with Crippen LogP contribution in [0.15, 0.2) is 16.9 Å². The molecule has 0 aliphatic heterocycles. The molecule has 0 bridgehead atoms. The van der Waals surface area contributed by atoms with E-state index in [9.17, 15) is 10.0 Å². The molecule has 0 amide bonds. The largest absolute Gasteiger partial charge is 0.630 e. The van der Waals surface area contributed by atoms with E-state index in [-0.39, 0.29) is 11.4 Å². The van der Waals surface area contributed by atoms with Crippen molar-refractivity contribution in [1.82, 2.24) is 4.98 Å². The highest BCUT2D eigenvalue weighted by Gasteiger charge is 1.96. The molecule has 0 saturated carbocycles. The predicted octanol–water partition coefficient (Wildman–Crippen LogP) is -1.35. The van der Waals surface area contributed by atoms with E-state index in [4.69, 9.17) is 5.73 Å². The highest BCUT2D eigenvalue weighted by Crippen LogP contribution is 2.02. The molecule has 0 saturated heterocycles. The molecule has 1 heterocycles. The molecule has 0 unspecified atom stereocenters. The third kappa shape index (κ3) is 1.15. The number of pyridine rings is 1. The number of nitrogens with one attached hydrogen (secondary N) is 1. The normalized spacial score (nSPS) is 9.70. The molecule has 0 aromatic carbocycles. The summed E-state index contributed by atoms with van der Waals surface area (Å²) in [5.41, 5.74) is 5.84. The Labute approximate surface area is 56.5 Å². The second-order valence-electron chi connectivity index (χ2n) is 1.81. The van der Waals surface area contributed by atoms with Crippen LogP contribution in [0.4, 0.5) is 11.5 Å². The van der Waals surface area contributed by atoms with Gasteiger partial charge in [0.2, 0.25) is 5.56 Å². The molecule has 5 nitrogen and oxygen atoms in total. The van der Waals surface area contributed by atoms with Gasteiger partial charge in [0, 0.05) is 12.1 Å². The van der Waals surface area contributed by atoms with Crippen LogP contribution in [0.2, 0.25) is 0 Å². The zero-order valence-electron chi connectivity index (χ0n) is 5.13. The van der Waals surface area contributed by atoms with E-state index < -0.39 is 0 Å². The summed E-state index contributed by atoms with van der Waals surface area (Å²) in [6.45, 7) is 0. The highest BCUT2D eigenvalue weighted by atomic mass is 16.5. The summed E-state index contributed by atoms with van der Waals surface area (Å²) >= 11 is 0. The first-order valence-electron chi connectivity index (χ1n) is 2.68. The van der Waals surface area contributed by atoms with Crippen molar-refractivity contribution in [2.24, 2.45) is 0 Å². The smallest absolute Gasteiger partial charge is 0.249 e. The van der Waals surface area contributed by atoms with E-state index in [1.807, 2.05) is 0 Å². The van der Waals surface area contributed by atoms with Crippen molar-refractivity contribution in [2.45, 2.75) is 0 Å². The van der Waals surface area contributed by atoms with Crippen LogP contribution in [-0.4, -0.2) is 4.98 Å². The number of nitrogen functional groups attached to an aromatic ring is 1. The summed E-state index contributed by atoms with van der Waals surface area (Å²) in [4.78, 5) is 12.8. The van der Waals surface area contributed by atoms with Crippen LogP contribution < -0.4 is 16.8 Å². The zero-order chi connectivity index (χ0) is 7.56. The standard InChI is InChI=1S/C5H7N3O2/c6-5-3(8-10)1-2-4(9)7-5/h1-2H,8H2,(H3,6,7,9). The van der Waals surface area contributed by atoms with Crippen LogP contribution in [0.25, 0.3) is 0 Å². The SMILES string of the molecule is Nc1[nH]c(=O)ccc1[NH2+][O-]. The van der Waals surface area contributed by atoms with Gasteiger partial charge in [0.1, 0.15) is 0 Å². The third-order valence-corrected chi connectivity index (χ3v) is 1.11. The lowest BCUT2D eigenvalue weighted by molar-refractivity contribution is -0.496. The molecule has 0 radical (unpaired) electrons. The fraction of sp³-hybridized carbons (Fsp3) is 0. The minimum Gasteiger partial charge on any atom is -0.630 e. The molecule has 1 aromatic rings. The molecular formula is C5H7N3O2. The van der Waals surface area contributed by atoms with Gasteiger partial charge in [-0.05, 0) is 0 Å². The molecule has 0 aliphatic rings. The Morgan fingerprint density at radius 2 is 2.30 bits per heavy atom. The van der Waals surface area contributed by atoms with Gasteiger partial charge < -0.3 is 21.4 Å². The van der Waals surface area contributed by atoms with E-state index in [1.54, 1.807) is 0 Å². The molecule has 0 spiro atoms. The van der Waals surface area contributed by atoms with Gasteiger partial charge in [0.25, 0.3) is 0 Å². The van der Waals surface area contributed by atoms with Gasteiger partial charge in [0.05, 0.1) is 0 Å². The van der Waals surface area contributed by atoms with Crippen molar-refractivity contribution in [2.75, 3.05) is 5.73 Å². The van der Waals surface area contributed by atoms with E-state index in [2.05, 4.69) is 4.98 Å². The Balaban J connectivity index is 3.19. The van der Waals surface area contributed by atoms with Crippen LogP contribution in [0.3, 0.4) is 0 Å². The number of H-pyrrole nitrogens is 1. The van der Waals surface area contributed by atoms with E-state index in [1.165, 1.54) is 12.1 Å². The zero-order valence-corrected chi connectivity index (χ0v) is 5.13. The van der Waals surface area contributed by atoms with Gasteiger partial charge in [-0.3, -0.25) is 4.79 Å². The molecule has 0 aliphatic carbocycles. The lowest BCUT2D eigenvalue weighted by Gasteiger charge is -2.02. The van der Waals surface area contributed by atoms with Crippen LogP contribution in [0.5, 0.6) is 0 Å². The minimum absolute atomic E-state index is 0.113. The van der Waals surface area contributed by atoms with E-state index in [0.717, 1.165) is 0 Å². The third-order valence-electron chi connectivity index (χ3n) is 1.11. The fourth-order valence-electron chi connectivity index (χ4n) is 0.605. The quantitative estimate of drug-likeness (QED) is 0.421. The first kappa shape index (κ1) is 6.79. The maximum atomic E-state index is 10.5. The molecule has 5 heteroatoms. The predicted molar refractivity (Wildman–Crippen MR) is 36.4 cm³/mol. The number of anilines is 1. The highest BCUT2D eigenvalue weighted by molar-refractivity contribution is 5.49. The monoisotopic (exact) mass is 141 g/mol. The molecular weight excluding hydrogens is 134 g/mol. The van der Waals surface area contributed by atoms with Crippen molar-refractivity contribution >= 4 is 11.5 Å². The molecule has 1 aromatic heterocycles. The van der Waals surface area contributed by atoms with Crippen LogP contribution in [0.1, 0.15) is 0 Å². The maximum absolute atomic E-state index is 10.5. The van der Waals surface area contributed by atoms with Crippen LogP contribution in [-0.2, 0) is 0 Å².